The highest BCUT2D eigenvalue weighted by Crippen LogP contribution is 2.31. The molecule has 3 rings (SSSR count). The van der Waals surface area contributed by atoms with Crippen molar-refractivity contribution in [1.82, 2.24) is 10.2 Å². The zero-order chi connectivity index (χ0) is 16.2. The predicted molar refractivity (Wildman–Crippen MR) is 102 cm³/mol. The van der Waals surface area contributed by atoms with Crippen molar-refractivity contribution in [2.75, 3.05) is 19.6 Å². The van der Waals surface area contributed by atoms with Gasteiger partial charge in [-0.05, 0) is 69.2 Å². The van der Waals surface area contributed by atoms with Gasteiger partial charge in [0.1, 0.15) is 0 Å². The van der Waals surface area contributed by atoms with Gasteiger partial charge in [-0.3, -0.25) is 4.79 Å². The molecule has 0 radical (unpaired) electrons. The summed E-state index contributed by atoms with van der Waals surface area (Å²) in [6.45, 7) is 4.92. The fourth-order valence-corrected chi connectivity index (χ4v) is 3.56. The number of nitrogens with one attached hydrogen (secondary N) is 1. The largest absolute Gasteiger partial charge is 0.342 e. The zero-order valence-corrected chi connectivity index (χ0v) is 15.9. The molecule has 1 saturated heterocycles. The summed E-state index contributed by atoms with van der Waals surface area (Å²) in [5.74, 6) is 1.32. The summed E-state index contributed by atoms with van der Waals surface area (Å²) in [7, 11) is 0. The number of carbonyl (C=O) groups is 1. The Bertz CT molecular complexity index is 531. The highest BCUT2D eigenvalue weighted by atomic mass is 35.5. The number of hydrogen-bond donors (Lipinski definition) is 1. The molecule has 134 valence electrons. The van der Waals surface area contributed by atoms with Gasteiger partial charge in [-0.2, -0.15) is 0 Å². The van der Waals surface area contributed by atoms with Crippen LogP contribution in [-0.4, -0.2) is 36.5 Å². The molecule has 24 heavy (non-hydrogen) atoms. The molecule has 0 unspecified atom stereocenters. The molecule has 5 heteroatoms. The summed E-state index contributed by atoms with van der Waals surface area (Å²) < 4.78 is 0. The average molecular weight is 371 g/mol. The molecule has 1 N–H and O–H groups in total. The van der Waals surface area contributed by atoms with Crippen LogP contribution in [0.1, 0.15) is 38.2 Å². The fraction of sp³-hybridized carbons (Fsp3) is 0.632. The normalized spacial score (nSPS) is 23.4. The molecule has 1 aliphatic carbocycles. The monoisotopic (exact) mass is 370 g/mol. The second kappa shape index (κ2) is 9.07. The first-order valence-corrected chi connectivity index (χ1v) is 9.26. The van der Waals surface area contributed by atoms with Gasteiger partial charge in [0.05, 0.1) is 0 Å². The molecule has 2 aliphatic rings. The Morgan fingerprint density at radius 1 is 1.25 bits per heavy atom. The molecule has 1 aromatic carbocycles. The third-order valence-electron chi connectivity index (χ3n) is 5.04. The maximum Gasteiger partial charge on any atom is 0.225 e. The molecule has 0 aromatic heterocycles. The molecule has 1 heterocycles. The number of amides is 1. The summed E-state index contributed by atoms with van der Waals surface area (Å²) in [4.78, 5) is 15.1. The Kier molecular flexibility index (Phi) is 7.39. The topological polar surface area (TPSA) is 32.3 Å². The van der Waals surface area contributed by atoms with E-state index >= 15 is 0 Å². The van der Waals surface area contributed by atoms with E-state index in [2.05, 4.69) is 29.3 Å². The van der Waals surface area contributed by atoms with E-state index in [0.29, 0.717) is 11.9 Å². The number of benzene rings is 1. The number of carbonyl (C=O) groups excluding carboxylic acids is 1. The van der Waals surface area contributed by atoms with Crippen molar-refractivity contribution in [3.8, 4) is 0 Å². The first-order valence-electron chi connectivity index (χ1n) is 8.88. The van der Waals surface area contributed by atoms with E-state index in [1.807, 2.05) is 12.1 Å². The van der Waals surface area contributed by atoms with Crippen molar-refractivity contribution in [3.63, 3.8) is 0 Å². The van der Waals surface area contributed by atoms with Crippen molar-refractivity contribution < 1.29 is 4.79 Å². The summed E-state index contributed by atoms with van der Waals surface area (Å²) in [5.41, 5.74) is 1.25. The standard InChI is InChI=1S/C19H27ClN2O.ClH/c1-14-12-17(8-10-21-14)19(23)22(13-16-2-3-16)11-9-15-4-6-18(20)7-5-15;/h4-7,14,16-17,21H,2-3,8-13H2,1H3;1H/t14-,17-;/m0./s1. The van der Waals surface area contributed by atoms with Crippen molar-refractivity contribution in [2.24, 2.45) is 11.8 Å². The van der Waals surface area contributed by atoms with Crippen LogP contribution in [0.15, 0.2) is 24.3 Å². The van der Waals surface area contributed by atoms with Gasteiger partial charge in [-0.25, -0.2) is 0 Å². The van der Waals surface area contributed by atoms with E-state index in [0.717, 1.165) is 49.8 Å². The summed E-state index contributed by atoms with van der Waals surface area (Å²) in [6.07, 6.45) is 5.43. The van der Waals surface area contributed by atoms with Crippen molar-refractivity contribution in [1.29, 1.82) is 0 Å². The van der Waals surface area contributed by atoms with Gasteiger partial charge in [0, 0.05) is 30.1 Å². The number of halogens is 2. The summed E-state index contributed by atoms with van der Waals surface area (Å²) >= 11 is 5.95. The third-order valence-corrected chi connectivity index (χ3v) is 5.30. The van der Waals surface area contributed by atoms with Crippen molar-refractivity contribution in [3.05, 3.63) is 34.9 Å². The predicted octanol–water partition coefficient (Wildman–Crippen LogP) is 3.93. The molecule has 3 nitrogen and oxygen atoms in total. The van der Waals surface area contributed by atoms with Crippen LogP contribution in [0.4, 0.5) is 0 Å². The molecule has 1 amide bonds. The molecule has 2 fully saturated rings. The molecular weight excluding hydrogens is 343 g/mol. The number of rotatable bonds is 6. The van der Waals surface area contributed by atoms with Crippen molar-refractivity contribution in [2.45, 2.75) is 45.1 Å². The summed E-state index contributed by atoms with van der Waals surface area (Å²) in [5, 5.41) is 4.21. The lowest BCUT2D eigenvalue weighted by Crippen LogP contribution is -2.45. The minimum absolute atomic E-state index is 0. The third kappa shape index (κ3) is 5.65. The van der Waals surface area contributed by atoms with E-state index in [1.54, 1.807) is 0 Å². The minimum atomic E-state index is 0. The smallest absolute Gasteiger partial charge is 0.225 e. The van der Waals surface area contributed by atoms with Crippen LogP contribution in [0.3, 0.4) is 0 Å². The highest BCUT2D eigenvalue weighted by Gasteiger charge is 2.32. The Balaban J connectivity index is 0.00000208. The van der Waals surface area contributed by atoms with E-state index in [4.69, 9.17) is 11.6 Å². The Labute approximate surface area is 156 Å². The van der Waals surface area contributed by atoms with Crippen LogP contribution in [0.25, 0.3) is 0 Å². The Morgan fingerprint density at radius 3 is 2.58 bits per heavy atom. The molecule has 0 spiro atoms. The van der Waals surface area contributed by atoms with Crippen LogP contribution < -0.4 is 5.32 Å². The number of piperidine rings is 1. The maximum atomic E-state index is 13.0. The molecular formula is C19H28Cl2N2O. The average Bonchev–Trinajstić information content (AvgIpc) is 3.36. The van der Waals surface area contributed by atoms with Crippen molar-refractivity contribution >= 4 is 29.9 Å². The first-order chi connectivity index (χ1) is 11.1. The lowest BCUT2D eigenvalue weighted by Gasteiger charge is -2.32. The summed E-state index contributed by atoms with van der Waals surface area (Å²) in [6, 6.07) is 8.44. The lowest BCUT2D eigenvalue weighted by molar-refractivity contribution is -0.137. The van der Waals surface area contributed by atoms with Crippen LogP contribution in [0.2, 0.25) is 5.02 Å². The number of hydrogen-bond acceptors (Lipinski definition) is 2. The number of nitrogens with zero attached hydrogens (tertiary/aromatic N) is 1. The second-order valence-corrected chi connectivity index (χ2v) is 7.62. The van der Waals surface area contributed by atoms with E-state index in [9.17, 15) is 4.79 Å². The van der Waals surface area contributed by atoms with E-state index in [1.165, 1.54) is 18.4 Å². The molecule has 1 aliphatic heterocycles. The molecule has 2 atom stereocenters. The molecule has 1 saturated carbocycles. The van der Waals surface area contributed by atoms with Gasteiger partial charge in [-0.1, -0.05) is 23.7 Å². The van der Waals surface area contributed by atoms with Crippen LogP contribution in [-0.2, 0) is 11.2 Å². The molecule has 1 aromatic rings. The van der Waals surface area contributed by atoms with Gasteiger partial charge in [0.15, 0.2) is 0 Å². The minimum Gasteiger partial charge on any atom is -0.342 e. The quantitative estimate of drug-likeness (QED) is 0.822. The lowest BCUT2D eigenvalue weighted by atomic mass is 9.91. The highest BCUT2D eigenvalue weighted by molar-refractivity contribution is 6.30. The maximum absolute atomic E-state index is 13.0. The van der Waals surface area contributed by atoms with Crippen LogP contribution >= 0.6 is 24.0 Å². The Hall–Kier alpha value is -0.770. The van der Waals surface area contributed by atoms with E-state index in [-0.39, 0.29) is 18.3 Å². The zero-order valence-electron chi connectivity index (χ0n) is 14.3. The SMILES string of the molecule is C[C@H]1C[C@@H](C(=O)N(CCc2ccc(Cl)cc2)CC2CC2)CCN1.Cl. The van der Waals surface area contributed by atoms with E-state index < -0.39 is 0 Å². The van der Waals surface area contributed by atoms with Gasteiger partial charge in [0.2, 0.25) is 5.91 Å². The van der Waals surface area contributed by atoms with Gasteiger partial charge < -0.3 is 10.2 Å². The Morgan fingerprint density at radius 2 is 1.96 bits per heavy atom. The first kappa shape index (κ1) is 19.6. The van der Waals surface area contributed by atoms with Crippen LogP contribution in [0, 0.1) is 11.8 Å². The van der Waals surface area contributed by atoms with Crippen LogP contribution in [0.5, 0.6) is 0 Å². The van der Waals surface area contributed by atoms with Gasteiger partial charge in [0.25, 0.3) is 0 Å². The van der Waals surface area contributed by atoms with Gasteiger partial charge in [-0.15, -0.1) is 12.4 Å². The second-order valence-electron chi connectivity index (χ2n) is 7.18. The fourth-order valence-electron chi connectivity index (χ4n) is 3.43. The molecule has 0 bridgehead atoms. The van der Waals surface area contributed by atoms with Gasteiger partial charge >= 0.3 is 0 Å².